The molecule has 0 fully saturated rings. The fourth-order valence-corrected chi connectivity index (χ4v) is 2.58. The van der Waals surface area contributed by atoms with Crippen LogP contribution in [0.15, 0.2) is 52.4 Å². The monoisotopic (exact) mass is 309 g/mol. The summed E-state index contributed by atoms with van der Waals surface area (Å²) in [6.45, 7) is 0.576. The quantitative estimate of drug-likeness (QED) is 0.882. The number of pyridine rings is 2. The molecular formula is C12H12BrN3S. The third-order valence-corrected chi connectivity index (χ3v) is 3.96. The van der Waals surface area contributed by atoms with Crippen LogP contribution in [-0.4, -0.2) is 16.5 Å². The van der Waals surface area contributed by atoms with Crippen molar-refractivity contribution in [2.75, 3.05) is 6.54 Å². The van der Waals surface area contributed by atoms with Crippen LogP contribution in [0.3, 0.4) is 0 Å². The molecule has 2 heterocycles. The summed E-state index contributed by atoms with van der Waals surface area (Å²) in [5.74, 6) is 0. The number of halogens is 1. The van der Waals surface area contributed by atoms with E-state index >= 15 is 0 Å². The Morgan fingerprint density at radius 3 is 2.59 bits per heavy atom. The number of nitrogens with two attached hydrogens (primary N) is 1. The summed E-state index contributed by atoms with van der Waals surface area (Å²) in [5, 5.41) is 1.19. The van der Waals surface area contributed by atoms with Gasteiger partial charge in [0.05, 0.1) is 5.03 Å². The van der Waals surface area contributed by atoms with E-state index in [9.17, 15) is 0 Å². The summed E-state index contributed by atoms with van der Waals surface area (Å²) < 4.78 is 0.982. The number of rotatable bonds is 4. The average molecular weight is 310 g/mol. The van der Waals surface area contributed by atoms with Gasteiger partial charge in [-0.25, -0.2) is 4.98 Å². The first-order chi connectivity index (χ1) is 8.29. The van der Waals surface area contributed by atoms with Crippen LogP contribution in [0.5, 0.6) is 0 Å². The highest BCUT2D eigenvalue weighted by molar-refractivity contribution is 9.10. The van der Waals surface area contributed by atoms with E-state index < -0.39 is 0 Å². The Bertz CT molecular complexity index is 461. The fraction of sp³-hybridized carbons (Fsp3) is 0.167. The van der Waals surface area contributed by atoms with Crippen LogP contribution < -0.4 is 5.73 Å². The zero-order valence-corrected chi connectivity index (χ0v) is 11.5. The van der Waals surface area contributed by atoms with Gasteiger partial charge in [0, 0.05) is 34.9 Å². The third kappa shape index (κ3) is 3.52. The second-order valence-electron chi connectivity index (χ2n) is 3.44. The molecule has 0 amide bonds. The van der Waals surface area contributed by atoms with E-state index in [1.807, 2.05) is 24.3 Å². The van der Waals surface area contributed by atoms with Gasteiger partial charge in [-0.15, -0.1) is 0 Å². The predicted octanol–water partition coefficient (Wildman–Crippen LogP) is 3.03. The van der Waals surface area contributed by atoms with E-state index in [0.29, 0.717) is 6.54 Å². The largest absolute Gasteiger partial charge is 0.329 e. The smallest absolute Gasteiger partial charge is 0.0967 e. The third-order valence-electron chi connectivity index (χ3n) is 2.26. The van der Waals surface area contributed by atoms with Gasteiger partial charge in [0.15, 0.2) is 0 Å². The normalized spacial score (nSPS) is 12.4. The molecule has 0 saturated heterocycles. The molecule has 0 aromatic carbocycles. The van der Waals surface area contributed by atoms with Crippen LogP contribution in [0.25, 0.3) is 0 Å². The van der Waals surface area contributed by atoms with Crippen molar-refractivity contribution >= 4 is 27.7 Å². The number of hydrogen-bond donors (Lipinski definition) is 1. The molecule has 1 atom stereocenters. The minimum Gasteiger partial charge on any atom is -0.329 e. The van der Waals surface area contributed by atoms with Crippen LogP contribution in [0, 0.1) is 0 Å². The second-order valence-corrected chi connectivity index (χ2v) is 5.58. The van der Waals surface area contributed by atoms with Crippen molar-refractivity contribution in [1.29, 1.82) is 0 Å². The summed E-state index contributed by atoms with van der Waals surface area (Å²) in [5.41, 5.74) is 6.98. The Labute approximate surface area is 113 Å². The predicted molar refractivity (Wildman–Crippen MR) is 73.8 cm³/mol. The molecule has 88 valence electrons. The van der Waals surface area contributed by atoms with Crippen LogP contribution in [0.1, 0.15) is 10.8 Å². The molecule has 1 unspecified atom stereocenters. The van der Waals surface area contributed by atoms with E-state index in [4.69, 9.17) is 5.73 Å². The van der Waals surface area contributed by atoms with Crippen LogP contribution in [0.2, 0.25) is 0 Å². The van der Waals surface area contributed by atoms with Crippen molar-refractivity contribution in [2.45, 2.75) is 10.3 Å². The topological polar surface area (TPSA) is 51.8 Å². The maximum Gasteiger partial charge on any atom is 0.0967 e. The van der Waals surface area contributed by atoms with Crippen molar-refractivity contribution in [3.05, 3.63) is 52.9 Å². The Hall–Kier alpha value is -0.910. The molecule has 3 nitrogen and oxygen atoms in total. The summed E-state index contributed by atoms with van der Waals surface area (Å²) >= 11 is 5.03. The minimum atomic E-state index is 0.215. The highest BCUT2D eigenvalue weighted by Crippen LogP contribution is 2.33. The van der Waals surface area contributed by atoms with Crippen molar-refractivity contribution < 1.29 is 0 Å². The average Bonchev–Trinajstić information content (AvgIpc) is 2.39. The number of nitrogens with zero attached hydrogens (tertiary/aromatic N) is 2. The molecule has 2 aromatic rings. The van der Waals surface area contributed by atoms with Gasteiger partial charge in [-0.2, -0.15) is 0 Å². The number of aromatic nitrogens is 2. The van der Waals surface area contributed by atoms with Gasteiger partial charge in [-0.1, -0.05) is 11.8 Å². The van der Waals surface area contributed by atoms with Gasteiger partial charge < -0.3 is 5.73 Å². The van der Waals surface area contributed by atoms with E-state index in [2.05, 4.69) is 25.9 Å². The van der Waals surface area contributed by atoms with Gasteiger partial charge in [-0.05, 0) is 45.8 Å². The molecular weight excluding hydrogens is 298 g/mol. The maximum absolute atomic E-state index is 5.80. The summed E-state index contributed by atoms with van der Waals surface area (Å²) in [6, 6.07) is 7.95. The van der Waals surface area contributed by atoms with E-state index in [1.165, 1.54) is 5.56 Å². The molecule has 0 aliphatic heterocycles. The first-order valence-electron chi connectivity index (χ1n) is 5.18. The second kappa shape index (κ2) is 6.14. The van der Waals surface area contributed by atoms with Gasteiger partial charge in [0.1, 0.15) is 0 Å². The Balaban J connectivity index is 2.13. The highest BCUT2D eigenvalue weighted by atomic mass is 79.9. The SMILES string of the molecule is NCC(Sc1ccc(Br)cn1)c1ccncc1. The maximum atomic E-state index is 5.80. The number of thioether (sulfide) groups is 1. The molecule has 17 heavy (non-hydrogen) atoms. The van der Waals surface area contributed by atoms with E-state index in [0.717, 1.165) is 9.50 Å². The number of hydrogen-bond acceptors (Lipinski definition) is 4. The zero-order valence-electron chi connectivity index (χ0n) is 9.08. The Morgan fingerprint density at radius 2 is 2.00 bits per heavy atom. The lowest BCUT2D eigenvalue weighted by atomic mass is 10.2. The fourth-order valence-electron chi connectivity index (χ4n) is 1.41. The Morgan fingerprint density at radius 1 is 1.24 bits per heavy atom. The van der Waals surface area contributed by atoms with E-state index in [1.54, 1.807) is 30.4 Å². The van der Waals surface area contributed by atoms with Gasteiger partial charge in [-0.3, -0.25) is 4.98 Å². The van der Waals surface area contributed by atoms with Gasteiger partial charge in [0.2, 0.25) is 0 Å². The summed E-state index contributed by atoms with van der Waals surface area (Å²) in [7, 11) is 0. The van der Waals surface area contributed by atoms with Crippen LogP contribution >= 0.6 is 27.7 Å². The zero-order chi connectivity index (χ0) is 12.1. The lowest BCUT2D eigenvalue weighted by Gasteiger charge is -2.13. The Kier molecular flexibility index (Phi) is 4.53. The highest BCUT2D eigenvalue weighted by Gasteiger charge is 2.11. The van der Waals surface area contributed by atoms with Crippen molar-refractivity contribution in [3.63, 3.8) is 0 Å². The molecule has 0 aliphatic carbocycles. The molecule has 0 saturated carbocycles. The molecule has 2 rings (SSSR count). The summed E-state index contributed by atoms with van der Waals surface area (Å²) in [4.78, 5) is 8.35. The summed E-state index contributed by atoms with van der Waals surface area (Å²) in [6.07, 6.45) is 5.36. The van der Waals surface area contributed by atoms with Crippen molar-refractivity contribution in [1.82, 2.24) is 9.97 Å². The lowest BCUT2D eigenvalue weighted by Crippen LogP contribution is -2.09. The van der Waals surface area contributed by atoms with Gasteiger partial charge >= 0.3 is 0 Å². The van der Waals surface area contributed by atoms with Gasteiger partial charge in [0.25, 0.3) is 0 Å². The molecule has 0 bridgehead atoms. The standard InChI is InChI=1S/C12H12BrN3S/c13-10-1-2-12(16-8-10)17-11(7-14)9-3-5-15-6-4-9/h1-6,8,11H,7,14H2. The van der Waals surface area contributed by atoms with Crippen LogP contribution in [-0.2, 0) is 0 Å². The molecule has 0 aliphatic rings. The molecule has 2 aromatic heterocycles. The minimum absolute atomic E-state index is 0.215. The first-order valence-corrected chi connectivity index (χ1v) is 6.85. The van der Waals surface area contributed by atoms with E-state index in [-0.39, 0.29) is 5.25 Å². The lowest BCUT2D eigenvalue weighted by molar-refractivity contribution is 0.930. The van der Waals surface area contributed by atoms with Crippen molar-refractivity contribution in [2.24, 2.45) is 5.73 Å². The van der Waals surface area contributed by atoms with Crippen LogP contribution in [0.4, 0.5) is 0 Å². The molecule has 0 spiro atoms. The first kappa shape index (κ1) is 12.5. The molecule has 0 radical (unpaired) electrons. The van der Waals surface area contributed by atoms with Crippen molar-refractivity contribution in [3.8, 4) is 0 Å². The molecule has 5 heteroatoms. The molecule has 2 N–H and O–H groups in total.